The molecule has 0 aliphatic carbocycles. The Balaban J connectivity index is 1.75. The molecule has 2 nitrogen and oxygen atoms in total. The van der Waals surface area contributed by atoms with Crippen LogP contribution in [0.4, 0.5) is 0 Å². The molecule has 1 aromatic rings. The highest BCUT2D eigenvalue weighted by Crippen LogP contribution is 2.27. The maximum atomic E-state index is 6.27. The Hall–Kier alpha value is -0.280. The molecule has 0 saturated carbocycles. The third kappa shape index (κ3) is 5.45. The molecule has 1 saturated heterocycles. The number of nitrogens with one attached hydrogen (secondary N) is 1. The summed E-state index contributed by atoms with van der Waals surface area (Å²) < 4.78 is 0. The summed E-state index contributed by atoms with van der Waals surface area (Å²) in [6, 6.07) is 5.90. The standard InChI is InChI=1S/C17H26Cl2N2/c1-13(2)10-20-11-14-6-8-21(9-7-14)12-15-4-3-5-16(18)17(15)19/h3-5,13-14,20H,6-12H2,1-2H3. The van der Waals surface area contributed by atoms with Gasteiger partial charge in [0.05, 0.1) is 10.0 Å². The Morgan fingerprint density at radius 3 is 2.62 bits per heavy atom. The number of rotatable bonds is 6. The van der Waals surface area contributed by atoms with E-state index in [1.54, 1.807) is 0 Å². The lowest BCUT2D eigenvalue weighted by Gasteiger charge is -2.32. The van der Waals surface area contributed by atoms with Gasteiger partial charge in [-0.05, 0) is 62.5 Å². The van der Waals surface area contributed by atoms with Crippen molar-refractivity contribution in [3.63, 3.8) is 0 Å². The lowest BCUT2D eigenvalue weighted by molar-refractivity contribution is 0.175. The fourth-order valence-corrected chi connectivity index (χ4v) is 3.22. The molecule has 118 valence electrons. The van der Waals surface area contributed by atoms with Crippen LogP contribution in [0.3, 0.4) is 0 Å². The van der Waals surface area contributed by atoms with E-state index in [9.17, 15) is 0 Å². The SMILES string of the molecule is CC(C)CNCC1CCN(Cc2cccc(Cl)c2Cl)CC1. The normalized spacial score (nSPS) is 17.6. The Labute approximate surface area is 138 Å². The Morgan fingerprint density at radius 2 is 1.95 bits per heavy atom. The van der Waals surface area contributed by atoms with Crippen molar-refractivity contribution in [2.75, 3.05) is 26.2 Å². The first kappa shape index (κ1) is 17.1. The van der Waals surface area contributed by atoms with Gasteiger partial charge in [0.15, 0.2) is 0 Å². The average Bonchev–Trinajstić information content (AvgIpc) is 2.45. The van der Waals surface area contributed by atoms with Gasteiger partial charge in [-0.25, -0.2) is 0 Å². The summed E-state index contributed by atoms with van der Waals surface area (Å²) in [5.74, 6) is 1.55. The van der Waals surface area contributed by atoms with Crippen molar-refractivity contribution in [1.29, 1.82) is 0 Å². The fourth-order valence-electron chi connectivity index (χ4n) is 2.84. The van der Waals surface area contributed by atoms with E-state index in [4.69, 9.17) is 23.2 Å². The van der Waals surface area contributed by atoms with Gasteiger partial charge in [0.1, 0.15) is 0 Å². The molecule has 0 unspecified atom stereocenters. The highest BCUT2D eigenvalue weighted by molar-refractivity contribution is 6.42. The highest BCUT2D eigenvalue weighted by atomic mass is 35.5. The molecular weight excluding hydrogens is 303 g/mol. The molecule has 1 N–H and O–H groups in total. The molecule has 21 heavy (non-hydrogen) atoms. The lowest BCUT2D eigenvalue weighted by atomic mass is 9.96. The zero-order chi connectivity index (χ0) is 15.2. The second-order valence-electron chi connectivity index (χ2n) is 6.48. The summed E-state index contributed by atoms with van der Waals surface area (Å²) in [6.45, 7) is 10.00. The number of likely N-dealkylation sites (tertiary alicyclic amines) is 1. The average molecular weight is 329 g/mol. The summed E-state index contributed by atoms with van der Waals surface area (Å²) in [7, 11) is 0. The molecule has 1 aliphatic rings. The first-order valence-electron chi connectivity index (χ1n) is 7.92. The second kappa shape index (κ2) is 8.38. The quantitative estimate of drug-likeness (QED) is 0.829. The van der Waals surface area contributed by atoms with Gasteiger partial charge in [0, 0.05) is 6.54 Å². The molecule has 2 rings (SSSR count). The monoisotopic (exact) mass is 328 g/mol. The predicted molar refractivity (Wildman–Crippen MR) is 92.2 cm³/mol. The third-order valence-corrected chi connectivity index (χ3v) is 4.98. The molecule has 0 bridgehead atoms. The van der Waals surface area contributed by atoms with E-state index < -0.39 is 0 Å². The Kier molecular flexibility index (Phi) is 6.81. The minimum Gasteiger partial charge on any atom is -0.316 e. The van der Waals surface area contributed by atoms with Crippen LogP contribution in [0.2, 0.25) is 10.0 Å². The van der Waals surface area contributed by atoms with Crippen LogP contribution in [0.1, 0.15) is 32.3 Å². The largest absolute Gasteiger partial charge is 0.316 e. The molecule has 0 radical (unpaired) electrons. The number of hydrogen-bond donors (Lipinski definition) is 1. The van der Waals surface area contributed by atoms with Crippen LogP contribution >= 0.6 is 23.2 Å². The first-order valence-corrected chi connectivity index (χ1v) is 8.67. The summed E-state index contributed by atoms with van der Waals surface area (Å²) in [5, 5.41) is 4.94. The van der Waals surface area contributed by atoms with E-state index >= 15 is 0 Å². The highest BCUT2D eigenvalue weighted by Gasteiger charge is 2.19. The van der Waals surface area contributed by atoms with E-state index in [1.807, 2.05) is 12.1 Å². The number of benzene rings is 1. The van der Waals surface area contributed by atoms with Crippen molar-refractivity contribution < 1.29 is 0 Å². The molecule has 0 amide bonds. The summed E-state index contributed by atoms with van der Waals surface area (Å²) in [5.41, 5.74) is 1.14. The minimum atomic E-state index is 0.655. The first-order chi connectivity index (χ1) is 10.1. The van der Waals surface area contributed by atoms with Crippen LogP contribution < -0.4 is 5.32 Å². The van der Waals surface area contributed by atoms with E-state index in [2.05, 4.69) is 30.1 Å². The topological polar surface area (TPSA) is 15.3 Å². The molecule has 0 atom stereocenters. The van der Waals surface area contributed by atoms with Gasteiger partial charge < -0.3 is 5.32 Å². The zero-order valence-electron chi connectivity index (χ0n) is 13.0. The summed E-state index contributed by atoms with van der Waals surface area (Å²) in [4.78, 5) is 2.48. The molecule has 1 fully saturated rings. The van der Waals surface area contributed by atoms with E-state index in [-0.39, 0.29) is 0 Å². The maximum Gasteiger partial charge on any atom is 0.0637 e. The number of piperidine rings is 1. The minimum absolute atomic E-state index is 0.655. The van der Waals surface area contributed by atoms with Gasteiger partial charge in [0.2, 0.25) is 0 Å². The van der Waals surface area contributed by atoms with E-state index in [0.29, 0.717) is 10.0 Å². The van der Waals surface area contributed by atoms with Crippen molar-refractivity contribution in [3.8, 4) is 0 Å². The van der Waals surface area contributed by atoms with Gasteiger partial charge in [-0.3, -0.25) is 4.90 Å². The van der Waals surface area contributed by atoms with Crippen LogP contribution in [0.15, 0.2) is 18.2 Å². The van der Waals surface area contributed by atoms with Gasteiger partial charge in [0.25, 0.3) is 0 Å². The van der Waals surface area contributed by atoms with Gasteiger partial charge in [-0.15, -0.1) is 0 Å². The molecule has 1 heterocycles. The Morgan fingerprint density at radius 1 is 1.24 bits per heavy atom. The second-order valence-corrected chi connectivity index (χ2v) is 7.27. The summed E-state index contributed by atoms with van der Waals surface area (Å²) in [6.07, 6.45) is 2.53. The van der Waals surface area contributed by atoms with Gasteiger partial charge >= 0.3 is 0 Å². The van der Waals surface area contributed by atoms with Gasteiger partial charge in [-0.2, -0.15) is 0 Å². The van der Waals surface area contributed by atoms with Crippen LogP contribution in [0.25, 0.3) is 0 Å². The third-order valence-electron chi connectivity index (χ3n) is 4.12. The van der Waals surface area contributed by atoms with E-state index in [0.717, 1.165) is 50.1 Å². The van der Waals surface area contributed by atoms with Crippen molar-refractivity contribution in [2.24, 2.45) is 11.8 Å². The molecular formula is C17H26Cl2N2. The van der Waals surface area contributed by atoms with Crippen LogP contribution in [-0.2, 0) is 6.54 Å². The lowest BCUT2D eigenvalue weighted by Crippen LogP contribution is -2.37. The molecule has 4 heteroatoms. The number of hydrogen-bond acceptors (Lipinski definition) is 2. The summed E-state index contributed by atoms with van der Waals surface area (Å²) >= 11 is 12.3. The maximum absolute atomic E-state index is 6.27. The molecule has 1 aromatic carbocycles. The smallest absolute Gasteiger partial charge is 0.0637 e. The predicted octanol–water partition coefficient (Wildman–Crippen LogP) is 4.45. The fraction of sp³-hybridized carbons (Fsp3) is 0.647. The van der Waals surface area contributed by atoms with Crippen LogP contribution in [0.5, 0.6) is 0 Å². The number of nitrogens with zero attached hydrogens (tertiary/aromatic N) is 1. The zero-order valence-corrected chi connectivity index (χ0v) is 14.6. The van der Waals surface area contributed by atoms with Crippen LogP contribution in [-0.4, -0.2) is 31.1 Å². The van der Waals surface area contributed by atoms with Crippen molar-refractivity contribution in [2.45, 2.75) is 33.2 Å². The molecule has 0 spiro atoms. The Bertz CT molecular complexity index is 440. The van der Waals surface area contributed by atoms with E-state index in [1.165, 1.54) is 12.8 Å². The van der Waals surface area contributed by atoms with Crippen molar-refractivity contribution in [1.82, 2.24) is 10.2 Å². The molecule has 1 aliphatic heterocycles. The molecule has 0 aromatic heterocycles. The van der Waals surface area contributed by atoms with Gasteiger partial charge in [-0.1, -0.05) is 49.2 Å². The van der Waals surface area contributed by atoms with Crippen molar-refractivity contribution in [3.05, 3.63) is 33.8 Å². The number of halogens is 2. The van der Waals surface area contributed by atoms with Crippen molar-refractivity contribution >= 4 is 23.2 Å². The van der Waals surface area contributed by atoms with Crippen LogP contribution in [0, 0.1) is 11.8 Å².